The third kappa shape index (κ3) is 3.05. The summed E-state index contributed by atoms with van der Waals surface area (Å²) in [5.74, 6) is 0.791. The molecule has 0 radical (unpaired) electrons. The van der Waals surface area contributed by atoms with Crippen molar-refractivity contribution >= 4 is 11.7 Å². The summed E-state index contributed by atoms with van der Waals surface area (Å²) in [6.07, 6.45) is 7.13. The zero-order valence-corrected chi connectivity index (χ0v) is 12.2. The van der Waals surface area contributed by atoms with Crippen molar-refractivity contribution in [2.75, 3.05) is 11.9 Å². The van der Waals surface area contributed by atoms with Gasteiger partial charge in [0.25, 0.3) is 5.56 Å². The second-order valence-corrected chi connectivity index (χ2v) is 5.42. The van der Waals surface area contributed by atoms with E-state index >= 15 is 0 Å². The summed E-state index contributed by atoms with van der Waals surface area (Å²) in [5, 5.41) is 2.70. The normalized spacial score (nSPS) is 18.7. The molecular weight excluding hydrogens is 282 g/mol. The first-order chi connectivity index (χ1) is 10.8. The van der Waals surface area contributed by atoms with Crippen LogP contribution in [0.3, 0.4) is 0 Å². The van der Waals surface area contributed by atoms with Gasteiger partial charge in [0.2, 0.25) is 0 Å². The van der Waals surface area contributed by atoms with Gasteiger partial charge in [-0.05, 0) is 37.1 Å². The average Bonchev–Trinajstić information content (AvgIpc) is 2.94. The number of aromatic nitrogens is 1. The number of carbonyl (C=O) groups is 1. The molecule has 1 aliphatic heterocycles. The average molecular weight is 301 g/mol. The summed E-state index contributed by atoms with van der Waals surface area (Å²) in [6.45, 7) is 0.655. The van der Waals surface area contributed by atoms with Gasteiger partial charge in [-0.3, -0.25) is 4.79 Å². The zero-order chi connectivity index (χ0) is 15.4. The van der Waals surface area contributed by atoms with Crippen molar-refractivity contribution in [3.05, 3.63) is 52.8 Å². The van der Waals surface area contributed by atoms with Crippen molar-refractivity contribution in [3.8, 4) is 0 Å². The first-order valence-electron chi connectivity index (χ1n) is 7.54. The molecule has 2 N–H and O–H groups in total. The molecule has 0 bridgehead atoms. The molecule has 6 nitrogen and oxygen atoms in total. The number of nitrogens with one attached hydrogen (secondary N) is 2. The fraction of sp³-hybridized carbons (Fsp3) is 0.375. The highest BCUT2D eigenvalue weighted by molar-refractivity contribution is 5.89. The van der Waals surface area contributed by atoms with Crippen LogP contribution in [0.25, 0.3) is 0 Å². The summed E-state index contributed by atoms with van der Waals surface area (Å²) >= 11 is 0. The van der Waals surface area contributed by atoms with Gasteiger partial charge in [-0.2, -0.15) is 0 Å². The van der Waals surface area contributed by atoms with E-state index in [1.54, 1.807) is 23.3 Å². The van der Waals surface area contributed by atoms with Gasteiger partial charge < -0.3 is 19.6 Å². The number of urea groups is 1. The Morgan fingerprint density at radius 1 is 1.27 bits per heavy atom. The molecule has 2 aromatic heterocycles. The van der Waals surface area contributed by atoms with E-state index in [2.05, 4.69) is 10.3 Å². The highest BCUT2D eigenvalue weighted by atomic mass is 16.3. The number of aromatic amines is 1. The largest absolute Gasteiger partial charge is 0.467 e. The minimum absolute atomic E-state index is 0.0831. The maximum absolute atomic E-state index is 12.6. The summed E-state index contributed by atoms with van der Waals surface area (Å²) < 4.78 is 5.49. The number of nitrogens with zero attached hydrogens (tertiary/aromatic N) is 1. The third-order valence-corrected chi connectivity index (χ3v) is 3.95. The van der Waals surface area contributed by atoms with Gasteiger partial charge in [0.1, 0.15) is 11.4 Å². The molecule has 1 atom stereocenters. The predicted molar refractivity (Wildman–Crippen MR) is 82.7 cm³/mol. The van der Waals surface area contributed by atoms with Crippen molar-refractivity contribution < 1.29 is 9.21 Å². The number of H-pyrrole nitrogens is 1. The molecule has 3 rings (SSSR count). The quantitative estimate of drug-likeness (QED) is 0.894. The van der Waals surface area contributed by atoms with Gasteiger partial charge in [0, 0.05) is 12.7 Å². The summed E-state index contributed by atoms with van der Waals surface area (Å²) in [7, 11) is 0. The predicted octanol–water partition coefficient (Wildman–Crippen LogP) is 3.12. The molecule has 1 aliphatic rings. The molecule has 22 heavy (non-hydrogen) atoms. The Hall–Kier alpha value is -2.50. The number of anilines is 1. The number of pyridine rings is 1. The van der Waals surface area contributed by atoms with E-state index in [9.17, 15) is 9.59 Å². The van der Waals surface area contributed by atoms with Gasteiger partial charge in [-0.15, -0.1) is 0 Å². The summed E-state index contributed by atoms with van der Waals surface area (Å²) in [5.41, 5.74) is -0.0461. The summed E-state index contributed by atoms with van der Waals surface area (Å²) in [6, 6.07) is 6.66. The Bertz CT molecular complexity index is 678. The highest BCUT2D eigenvalue weighted by Crippen LogP contribution is 2.30. The molecule has 0 unspecified atom stereocenters. The molecule has 116 valence electrons. The van der Waals surface area contributed by atoms with Gasteiger partial charge in [-0.1, -0.05) is 12.8 Å². The Morgan fingerprint density at radius 3 is 2.95 bits per heavy atom. The standard InChI is InChI=1S/C16H19N3O3/c20-15-12(6-4-9-17-15)18-16(21)19-10-3-1-2-7-13(19)14-8-5-11-22-14/h4-6,8-9,11,13H,1-3,7,10H2,(H,17,20)(H,18,21)/t13-/m1/s1. The van der Waals surface area contributed by atoms with E-state index < -0.39 is 0 Å². The van der Waals surface area contributed by atoms with Crippen LogP contribution in [-0.2, 0) is 0 Å². The van der Waals surface area contributed by atoms with Crippen LogP contribution in [0.5, 0.6) is 0 Å². The molecule has 1 fully saturated rings. The number of carbonyl (C=O) groups excluding carboxylic acids is 1. The van der Waals surface area contributed by atoms with E-state index in [0.29, 0.717) is 6.54 Å². The van der Waals surface area contributed by atoms with Crippen LogP contribution in [0.4, 0.5) is 10.5 Å². The maximum Gasteiger partial charge on any atom is 0.322 e. The first kappa shape index (κ1) is 14.4. The van der Waals surface area contributed by atoms with Gasteiger partial charge in [-0.25, -0.2) is 4.79 Å². The molecule has 1 saturated heterocycles. The highest BCUT2D eigenvalue weighted by Gasteiger charge is 2.28. The topological polar surface area (TPSA) is 78.3 Å². The monoisotopic (exact) mass is 301 g/mol. The van der Waals surface area contributed by atoms with Gasteiger partial charge in [0.05, 0.1) is 12.3 Å². The fourth-order valence-electron chi connectivity index (χ4n) is 2.84. The molecule has 0 aliphatic carbocycles. The lowest BCUT2D eigenvalue weighted by Crippen LogP contribution is -2.39. The summed E-state index contributed by atoms with van der Waals surface area (Å²) in [4.78, 5) is 28.6. The first-order valence-corrected chi connectivity index (χ1v) is 7.54. The van der Waals surface area contributed by atoms with Crippen LogP contribution in [0.15, 0.2) is 45.9 Å². The molecular formula is C16H19N3O3. The number of hydrogen-bond acceptors (Lipinski definition) is 3. The molecule has 6 heteroatoms. The molecule has 0 saturated carbocycles. The lowest BCUT2D eigenvalue weighted by atomic mass is 10.1. The van der Waals surface area contributed by atoms with E-state index in [4.69, 9.17) is 4.42 Å². The lowest BCUT2D eigenvalue weighted by molar-refractivity contribution is 0.179. The molecule has 2 aromatic rings. The fourth-order valence-corrected chi connectivity index (χ4v) is 2.84. The van der Waals surface area contributed by atoms with Crippen LogP contribution in [0.1, 0.15) is 37.5 Å². The minimum Gasteiger partial charge on any atom is -0.467 e. The number of hydrogen-bond donors (Lipinski definition) is 2. The van der Waals surface area contributed by atoms with Crippen molar-refractivity contribution in [2.24, 2.45) is 0 Å². The smallest absolute Gasteiger partial charge is 0.322 e. The number of furan rings is 1. The van der Waals surface area contributed by atoms with Crippen molar-refractivity contribution in [1.82, 2.24) is 9.88 Å². The van der Waals surface area contributed by atoms with E-state index in [0.717, 1.165) is 31.4 Å². The Morgan fingerprint density at radius 2 is 2.18 bits per heavy atom. The molecule has 3 heterocycles. The minimum atomic E-state index is -0.305. The van der Waals surface area contributed by atoms with E-state index in [-0.39, 0.29) is 23.3 Å². The number of rotatable bonds is 2. The molecule has 2 amide bonds. The van der Waals surface area contributed by atoms with Gasteiger partial charge >= 0.3 is 6.03 Å². The van der Waals surface area contributed by atoms with Crippen molar-refractivity contribution in [2.45, 2.75) is 31.7 Å². The van der Waals surface area contributed by atoms with Gasteiger partial charge in [0.15, 0.2) is 0 Å². The van der Waals surface area contributed by atoms with Crippen molar-refractivity contribution in [3.63, 3.8) is 0 Å². The Labute approximate surface area is 128 Å². The lowest BCUT2D eigenvalue weighted by Gasteiger charge is -2.28. The van der Waals surface area contributed by atoms with Crippen LogP contribution < -0.4 is 10.9 Å². The van der Waals surface area contributed by atoms with Crippen LogP contribution in [-0.4, -0.2) is 22.5 Å². The maximum atomic E-state index is 12.6. The van der Waals surface area contributed by atoms with E-state index in [1.165, 1.54) is 6.20 Å². The SMILES string of the molecule is O=C(Nc1ccc[nH]c1=O)N1CCCCC[C@@H]1c1ccco1. The number of amides is 2. The Kier molecular flexibility index (Phi) is 4.27. The zero-order valence-electron chi connectivity index (χ0n) is 12.2. The van der Waals surface area contributed by atoms with Crippen LogP contribution in [0.2, 0.25) is 0 Å². The molecule has 0 aromatic carbocycles. The second kappa shape index (κ2) is 6.51. The van der Waals surface area contributed by atoms with Crippen molar-refractivity contribution in [1.29, 1.82) is 0 Å². The number of likely N-dealkylation sites (tertiary alicyclic amines) is 1. The van der Waals surface area contributed by atoms with E-state index in [1.807, 2.05) is 12.1 Å². The Balaban J connectivity index is 1.81. The van der Waals surface area contributed by atoms with Crippen LogP contribution in [0, 0.1) is 0 Å². The second-order valence-electron chi connectivity index (χ2n) is 5.42. The third-order valence-electron chi connectivity index (χ3n) is 3.95. The molecule has 0 spiro atoms. The van der Waals surface area contributed by atoms with Crippen LogP contribution >= 0.6 is 0 Å².